The molecule has 2 rings (SSSR count). The Morgan fingerprint density at radius 1 is 1.25 bits per heavy atom. The Morgan fingerprint density at radius 3 is 2.55 bits per heavy atom. The third-order valence-corrected chi connectivity index (χ3v) is 4.32. The molecular weight excluding hydrogens is 248 g/mol. The number of hydrogen-bond acceptors (Lipinski definition) is 2. The molecule has 20 heavy (non-hydrogen) atoms. The normalized spacial score (nSPS) is 17.6. The zero-order valence-corrected chi connectivity index (χ0v) is 12.4. The SMILES string of the molecule is CC(NC(=O)CCC1CCCCC1)c1ccc(N)cc1. The van der Waals surface area contributed by atoms with Crippen molar-refractivity contribution in [3.63, 3.8) is 0 Å². The summed E-state index contributed by atoms with van der Waals surface area (Å²) in [5.74, 6) is 0.932. The first kappa shape index (κ1) is 14.9. The van der Waals surface area contributed by atoms with Gasteiger partial charge in [0.1, 0.15) is 0 Å². The quantitative estimate of drug-likeness (QED) is 0.802. The molecule has 0 bridgehead atoms. The Bertz CT molecular complexity index is 421. The fraction of sp³-hybridized carbons (Fsp3) is 0.588. The molecule has 1 aromatic rings. The molecule has 0 radical (unpaired) electrons. The van der Waals surface area contributed by atoms with Gasteiger partial charge in [0, 0.05) is 12.1 Å². The summed E-state index contributed by atoms with van der Waals surface area (Å²) in [6, 6.07) is 7.75. The van der Waals surface area contributed by atoms with Crippen LogP contribution in [0.15, 0.2) is 24.3 Å². The second-order valence-corrected chi connectivity index (χ2v) is 6.00. The Labute approximate surface area is 121 Å². The van der Waals surface area contributed by atoms with Gasteiger partial charge in [-0.3, -0.25) is 4.79 Å². The molecular formula is C17H26N2O. The van der Waals surface area contributed by atoms with Gasteiger partial charge >= 0.3 is 0 Å². The van der Waals surface area contributed by atoms with Crippen molar-refractivity contribution in [1.82, 2.24) is 5.32 Å². The molecule has 1 fully saturated rings. The van der Waals surface area contributed by atoms with Crippen molar-refractivity contribution < 1.29 is 4.79 Å². The lowest BCUT2D eigenvalue weighted by atomic mass is 9.86. The standard InChI is InChI=1S/C17H26N2O/c1-13(15-8-10-16(18)11-9-15)19-17(20)12-7-14-5-3-2-4-6-14/h8-11,13-14H,2-7,12,18H2,1H3,(H,19,20). The molecule has 1 unspecified atom stereocenters. The number of carbonyl (C=O) groups excluding carboxylic acids is 1. The van der Waals surface area contributed by atoms with E-state index in [0.717, 1.165) is 23.6 Å². The van der Waals surface area contributed by atoms with E-state index in [4.69, 9.17) is 5.73 Å². The van der Waals surface area contributed by atoms with E-state index in [9.17, 15) is 4.79 Å². The summed E-state index contributed by atoms with van der Waals surface area (Å²) in [4.78, 5) is 12.0. The van der Waals surface area contributed by atoms with Crippen LogP contribution in [0, 0.1) is 5.92 Å². The second-order valence-electron chi connectivity index (χ2n) is 6.00. The van der Waals surface area contributed by atoms with Crippen LogP contribution in [0.3, 0.4) is 0 Å². The predicted octanol–water partition coefficient (Wildman–Crippen LogP) is 3.81. The first-order chi connectivity index (χ1) is 9.65. The zero-order valence-electron chi connectivity index (χ0n) is 12.4. The maximum atomic E-state index is 12.0. The molecule has 1 saturated carbocycles. The Morgan fingerprint density at radius 2 is 1.90 bits per heavy atom. The van der Waals surface area contributed by atoms with Crippen molar-refractivity contribution in [3.05, 3.63) is 29.8 Å². The lowest BCUT2D eigenvalue weighted by molar-refractivity contribution is -0.122. The van der Waals surface area contributed by atoms with Crippen LogP contribution in [-0.4, -0.2) is 5.91 Å². The second kappa shape index (κ2) is 7.32. The highest BCUT2D eigenvalue weighted by Crippen LogP contribution is 2.27. The fourth-order valence-corrected chi connectivity index (χ4v) is 2.99. The van der Waals surface area contributed by atoms with Crippen LogP contribution >= 0.6 is 0 Å². The summed E-state index contributed by atoms with van der Waals surface area (Å²) >= 11 is 0. The van der Waals surface area contributed by atoms with Gasteiger partial charge < -0.3 is 11.1 Å². The number of carbonyl (C=O) groups is 1. The zero-order chi connectivity index (χ0) is 14.4. The fourth-order valence-electron chi connectivity index (χ4n) is 2.99. The molecule has 0 aromatic heterocycles. The molecule has 0 heterocycles. The van der Waals surface area contributed by atoms with E-state index in [1.165, 1.54) is 32.1 Å². The molecule has 1 atom stereocenters. The lowest BCUT2D eigenvalue weighted by Gasteiger charge is -2.21. The van der Waals surface area contributed by atoms with Gasteiger partial charge in [-0.2, -0.15) is 0 Å². The van der Waals surface area contributed by atoms with E-state index in [0.29, 0.717) is 6.42 Å². The Hall–Kier alpha value is -1.51. The summed E-state index contributed by atoms with van der Waals surface area (Å²) < 4.78 is 0. The predicted molar refractivity (Wildman–Crippen MR) is 83.2 cm³/mol. The van der Waals surface area contributed by atoms with Crippen molar-refractivity contribution in [2.24, 2.45) is 5.92 Å². The molecule has 3 nitrogen and oxygen atoms in total. The third-order valence-electron chi connectivity index (χ3n) is 4.32. The van der Waals surface area contributed by atoms with E-state index >= 15 is 0 Å². The molecule has 1 aliphatic rings. The lowest BCUT2D eigenvalue weighted by Crippen LogP contribution is -2.27. The molecule has 110 valence electrons. The van der Waals surface area contributed by atoms with Crippen molar-refractivity contribution in [2.45, 2.75) is 57.9 Å². The van der Waals surface area contributed by atoms with Gasteiger partial charge in [0.15, 0.2) is 0 Å². The number of benzene rings is 1. The first-order valence-corrected chi connectivity index (χ1v) is 7.80. The van der Waals surface area contributed by atoms with Crippen LogP contribution < -0.4 is 11.1 Å². The third kappa shape index (κ3) is 4.55. The minimum absolute atomic E-state index is 0.0504. The molecule has 1 amide bonds. The number of rotatable bonds is 5. The Balaban J connectivity index is 1.74. The number of hydrogen-bond donors (Lipinski definition) is 2. The summed E-state index contributed by atoms with van der Waals surface area (Å²) in [6.45, 7) is 2.02. The van der Waals surface area contributed by atoms with Crippen molar-refractivity contribution in [3.8, 4) is 0 Å². The van der Waals surface area contributed by atoms with Crippen LogP contribution in [0.5, 0.6) is 0 Å². The highest BCUT2D eigenvalue weighted by Gasteiger charge is 2.16. The van der Waals surface area contributed by atoms with Crippen LogP contribution in [0.2, 0.25) is 0 Å². The van der Waals surface area contributed by atoms with Gasteiger partial charge in [-0.1, -0.05) is 44.2 Å². The van der Waals surface area contributed by atoms with E-state index in [1.807, 2.05) is 31.2 Å². The van der Waals surface area contributed by atoms with E-state index in [1.54, 1.807) is 0 Å². The van der Waals surface area contributed by atoms with Gasteiger partial charge in [0.2, 0.25) is 5.91 Å². The molecule has 1 aliphatic carbocycles. The Kier molecular flexibility index (Phi) is 5.45. The highest BCUT2D eigenvalue weighted by molar-refractivity contribution is 5.76. The summed E-state index contributed by atoms with van der Waals surface area (Å²) in [6.07, 6.45) is 8.37. The van der Waals surface area contributed by atoms with E-state index < -0.39 is 0 Å². The van der Waals surface area contributed by atoms with Crippen molar-refractivity contribution >= 4 is 11.6 Å². The minimum atomic E-state index is 0.0504. The maximum Gasteiger partial charge on any atom is 0.220 e. The number of anilines is 1. The average Bonchev–Trinajstić information content (AvgIpc) is 2.47. The molecule has 0 spiro atoms. The summed E-state index contributed by atoms with van der Waals surface area (Å²) in [7, 11) is 0. The maximum absolute atomic E-state index is 12.0. The number of nitrogens with one attached hydrogen (secondary N) is 1. The average molecular weight is 274 g/mol. The van der Waals surface area contributed by atoms with Crippen molar-refractivity contribution in [1.29, 1.82) is 0 Å². The van der Waals surface area contributed by atoms with Crippen LogP contribution in [-0.2, 0) is 4.79 Å². The van der Waals surface area contributed by atoms with Gasteiger partial charge in [0.05, 0.1) is 6.04 Å². The molecule has 0 aliphatic heterocycles. The highest BCUT2D eigenvalue weighted by atomic mass is 16.1. The summed E-state index contributed by atoms with van der Waals surface area (Å²) in [5, 5.41) is 3.08. The van der Waals surface area contributed by atoms with Gasteiger partial charge in [0.25, 0.3) is 0 Å². The molecule has 3 N–H and O–H groups in total. The molecule has 0 saturated heterocycles. The topological polar surface area (TPSA) is 55.1 Å². The number of amides is 1. The largest absolute Gasteiger partial charge is 0.399 e. The molecule has 3 heteroatoms. The van der Waals surface area contributed by atoms with Crippen LogP contribution in [0.1, 0.15) is 63.5 Å². The molecule has 1 aromatic carbocycles. The van der Waals surface area contributed by atoms with E-state index in [2.05, 4.69) is 5.32 Å². The smallest absolute Gasteiger partial charge is 0.220 e. The van der Waals surface area contributed by atoms with Crippen molar-refractivity contribution in [2.75, 3.05) is 5.73 Å². The van der Waals surface area contributed by atoms with Gasteiger partial charge in [-0.25, -0.2) is 0 Å². The minimum Gasteiger partial charge on any atom is -0.399 e. The van der Waals surface area contributed by atoms with E-state index in [-0.39, 0.29) is 11.9 Å². The number of nitrogens with two attached hydrogens (primary N) is 1. The number of nitrogen functional groups attached to an aromatic ring is 1. The first-order valence-electron chi connectivity index (χ1n) is 7.80. The van der Waals surface area contributed by atoms with Gasteiger partial charge in [-0.15, -0.1) is 0 Å². The van der Waals surface area contributed by atoms with Crippen LogP contribution in [0.25, 0.3) is 0 Å². The summed E-state index contributed by atoms with van der Waals surface area (Å²) in [5.41, 5.74) is 7.53. The van der Waals surface area contributed by atoms with Crippen LogP contribution in [0.4, 0.5) is 5.69 Å². The monoisotopic (exact) mass is 274 g/mol. The van der Waals surface area contributed by atoms with Gasteiger partial charge in [-0.05, 0) is 37.0 Å².